The average Bonchev–Trinajstić information content (AvgIpc) is 2.91. The van der Waals surface area contributed by atoms with Gasteiger partial charge in [-0.05, 0) is 36.1 Å². The molecule has 1 aromatic rings. The Morgan fingerprint density at radius 2 is 2.10 bits per heavy atom. The van der Waals surface area contributed by atoms with Crippen LogP contribution < -0.4 is 10.6 Å². The van der Waals surface area contributed by atoms with Gasteiger partial charge in [0.2, 0.25) is 5.91 Å². The lowest BCUT2D eigenvalue weighted by Crippen LogP contribution is -2.44. The second kappa shape index (κ2) is 10.0. The van der Waals surface area contributed by atoms with Gasteiger partial charge < -0.3 is 15.4 Å². The van der Waals surface area contributed by atoms with Crippen LogP contribution in [0.3, 0.4) is 0 Å². The van der Waals surface area contributed by atoms with Crippen LogP contribution in [0, 0.1) is 11.3 Å². The predicted molar refractivity (Wildman–Crippen MR) is 122 cm³/mol. The number of rotatable bonds is 8. The van der Waals surface area contributed by atoms with E-state index in [0.717, 1.165) is 37.7 Å². The smallest absolute Gasteiger partial charge is 0.222 e. The normalized spacial score (nSPS) is 21.7. The van der Waals surface area contributed by atoms with E-state index in [0.29, 0.717) is 6.42 Å². The fourth-order valence-electron chi connectivity index (χ4n) is 4.38. The Bertz CT molecular complexity index is 850. The molecule has 1 amide bonds. The Hall–Kier alpha value is -2.46. The van der Waals surface area contributed by atoms with E-state index in [1.54, 1.807) is 0 Å². The van der Waals surface area contributed by atoms with Crippen LogP contribution in [0.1, 0.15) is 57.2 Å². The van der Waals surface area contributed by atoms with Crippen LogP contribution in [0.25, 0.3) is 0 Å². The molecular formula is C26H34N2O2. The maximum absolute atomic E-state index is 12.9. The fourth-order valence-corrected chi connectivity index (χ4v) is 4.38. The summed E-state index contributed by atoms with van der Waals surface area (Å²) in [7, 11) is 0. The van der Waals surface area contributed by atoms with Gasteiger partial charge in [-0.15, -0.1) is 0 Å². The third kappa shape index (κ3) is 5.57. The van der Waals surface area contributed by atoms with Crippen molar-refractivity contribution in [3.05, 3.63) is 71.3 Å². The van der Waals surface area contributed by atoms with Gasteiger partial charge >= 0.3 is 0 Å². The first-order valence-electron chi connectivity index (χ1n) is 11.1. The molecular weight excluding hydrogens is 372 g/mol. The molecule has 30 heavy (non-hydrogen) atoms. The number of amides is 1. The minimum Gasteiger partial charge on any atom is -0.346 e. The predicted octanol–water partition coefficient (Wildman–Crippen LogP) is 4.44. The molecule has 0 saturated carbocycles. The molecule has 0 fully saturated rings. The number of nitrogens with one attached hydrogen (secondary N) is 2. The van der Waals surface area contributed by atoms with Crippen LogP contribution in [0.2, 0.25) is 0 Å². The summed E-state index contributed by atoms with van der Waals surface area (Å²) >= 11 is 0. The summed E-state index contributed by atoms with van der Waals surface area (Å²) in [6, 6.07) is 7.75. The Labute approximate surface area is 180 Å². The summed E-state index contributed by atoms with van der Waals surface area (Å²) in [6.07, 6.45) is 14.6. The second-order valence-electron chi connectivity index (χ2n) is 8.96. The molecule has 0 bridgehead atoms. The standard InChI is InChI=1S/C26H34N2O2/c1-4-8-21(19-10-7-14-26(2,3)15-12-19)24(18-29)28-25(30)17-23-22-11-6-5-9-20(22)13-16-27-23/h5-7,9-12,14-15,18,21,23-24,27H,4,8,13,16-17H2,1-3H3,(H,28,30). The summed E-state index contributed by atoms with van der Waals surface area (Å²) in [6.45, 7) is 7.28. The first-order valence-corrected chi connectivity index (χ1v) is 11.1. The lowest BCUT2D eigenvalue weighted by Gasteiger charge is -2.28. The third-order valence-corrected chi connectivity index (χ3v) is 6.06. The van der Waals surface area contributed by atoms with Crippen LogP contribution in [0.4, 0.5) is 0 Å². The van der Waals surface area contributed by atoms with Crippen molar-refractivity contribution in [2.75, 3.05) is 6.54 Å². The molecule has 1 aromatic carbocycles. The molecule has 3 atom stereocenters. The topological polar surface area (TPSA) is 58.2 Å². The summed E-state index contributed by atoms with van der Waals surface area (Å²) < 4.78 is 0. The Balaban J connectivity index is 1.71. The van der Waals surface area contributed by atoms with Gasteiger partial charge in [-0.2, -0.15) is 0 Å². The molecule has 1 aliphatic carbocycles. The van der Waals surface area contributed by atoms with E-state index in [1.165, 1.54) is 11.1 Å². The first kappa shape index (κ1) is 22.2. The summed E-state index contributed by atoms with van der Waals surface area (Å²) in [5, 5.41) is 6.47. The van der Waals surface area contributed by atoms with Gasteiger partial charge in [-0.25, -0.2) is 0 Å². The van der Waals surface area contributed by atoms with Gasteiger partial charge in [0.1, 0.15) is 6.29 Å². The van der Waals surface area contributed by atoms with Crippen LogP contribution in [0.5, 0.6) is 0 Å². The Kier molecular flexibility index (Phi) is 7.43. The maximum atomic E-state index is 12.9. The van der Waals surface area contributed by atoms with E-state index >= 15 is 0 Å². The molecule has 0 radical (unpaired) electrons. The third-order valence-electron chi connectivity index (χ3n) is 6.06. The molecule has 2 N–H and O–H groups in total. The highest BCUT2D eigenvalue weighted by molar-refractivity contribution is 5.80. The maximum Gasteiger partial charge on any atom is 0.222 e. The van der Waals surface area contributed by atoms with Crippen LogP contribution in [-0.2, 0) is 16.0 Å². The van der Waals surface area contributed by atoms with Crippen molar-refractivity contribution in [2.45, 2.75) is 58.5 Å². The summed E-state index contributed by atoms with van der Waals surface area (Å²) in [5.41, 5.74) is 3.56. The number of hydrogen-bond acceptors (Lipinski definition) is 3. The van der Waals surface area contributed by atoms with E-state index in [9.17, 15) is 9.59 Å². The summed E-state index contributed by atoms with van der Waals surface area (Å²) in [5.74, 6) is -0.116. The molecule has 0 saturated heterocycles. The van der Waals surface area contributed by atoms with E-state index in [4.69, 9.17) is 0 Å². The molecule has 1 heterocycles. The second-order valence-corrected chi connectivity index (χ2v) is 8.96. The summed E-state index contributed by atoms with van der Waals surface area (Å²) in [4.78, 5) is 24.9. The molecule has 3 unspecified atom stereocenters. The molecule has 2 aliphatic rings. The van der Waals surface area contributed by atoms with E-state index in [2.05, 4.69) is 73.9 Å². The van der Waals surface area contributed by atoms with E-state index in [1.807, 2.05) is 12.1 Å². The highest BCUT2D eigenvalue weighted by atomic mass is 16.2. The lowest BCUT2D eigenvalue weighted by molar-refractivity contribution is -0.125. The van der Waals surface area contributed by atoms with Gasteiger partial charge in [0.15, 0.2) is 0 Å². The number of fused-ring (bicyclic) bond motifs is 1. The molecule has 4 nitrogen and oxygen atoms in total. The Morgan fingerprint density at radius 1 is 1.30 bits per heavy atom. The average molecular weight is 407 g/mol. The van der Waals surface area contributed by atoms with Crippen LogP contribution in [0.15, 0.2) is 60.2 Å². The first-order chi connectivity index (χ1) is 14.4. The number of carbonyl (C=O) groups is 2. The SMILES string of the molecule is CCCC(C1=CC=CC(C)(C)C=C1)C(C=O)NC(=O)CC1NCCc2ccccc21. The highest BCUT2D eigenvalue weighted by Crippen LogP contribution is 2.29. The molecule has 3 rings (SSSR count). The highest BCUT2D eigenvalue weighted by Gasteiger charge is 2.28. The van der Waals surface area contributed by atoms with Crippen molar-refractivity contribution in [1.29, 1.82) is 0 Å². The van der Waals surface area contributed by atoms with Crippen molar-refractivity contribution in [2.24, 2.45) is 11.3 Å². The van der Waals surface area contributed by atoms with Gasteiger partial charge in [-0.3, -0.25) is 4.79 Å². The van der Waals surface area contributed by atoms with Crippen molar-refractivity contribution in [3.8, 4) is 0 Å². The van der Waals surface area contributed by atoms with Gasteiger partial charge in [-0.1, -0.05) is 81.8 Å². The number of carbonyl (C=O) groups excluding carboxylic acids is 2. The molecule has 1 aliphatic heterocycles. The largest absolute Gasteiger partial charge is 0.346 e. The van der Waals surface area contributed by atoms with Crippen LogP contribution in [-0.4, -0.2) is 24.8 Å². The number of hydrogen-bond donors (Lipinski definition) is 2. The lowest BCUT2D eigenvalue weighted by atomic mass is 9.86. The zero-order valence-electron chi connectivity index (χ0n) is 18.4. The van der Waals surface area contributed by atoms with Crippen molar-refractivity contribution >= 4 is 12.2 Å². The number of benzene rings is 1. The minimum atomic E-state index is -0.526. The number of allylic oxidation sites excluding steroid dienone is 5. The van der Waals surface area contributed by atoms with Gasteiger partial charge in [0.25, 0.3) is 0 Å². The Morgan fingerprint density at radius 3 is 2.87 bits per heavy atom. The van der Waals surface area contributed by atoms with Crippen LogP contribution >= 0.6 is 0 Å². The van der Waals surface area contributed by atoms with Crippen molar-refractivity contribution in [3.63, 3.8) is 0 Å². The zero-order chi connectivity index (χ0) is 21.6. The van der Waals surface area contributed by atoms with Gasteiger partial charge in [0.05, 0.1) is 6.04 Å². The molecule has 0 spiro atoms. The van der Waals surface area contributed by atoms with Crippen molar-refractivity contribution < 1.29 is 9.59 Å². The van der Waals surface area contributed by atoms with E-state index in [-0.39, 0.29) is 23.3 Å². The molecule has 0 aromatic heterocycles. The fraction of sp³-hybridized carbons (Fsp3) is 0.462. The van der Waals surface area contributed by atoms with Crippen molar-refractivity contribution in [1.82, 2.24) is 10.6 Å². The molecule has 160 valence electrons. The van der Waals surface area contributed by atoms with Gasteiger partial charge in [0, 0.05) is 23.8 Å². The molecule has 4 heteroatoms. The minimum absolute atomic E-state index is 0.00685. The number of aldehydes is 1. The van der Waals surface area contributed by atoms with E-state index < -0.39 is 6.04 Å². The quantitative estimate of drug-likeness (QED) is 0.628. The monoisotopic (exact) mass is 406 g/mol. The zero-order valence-corrected chi connectivity index (χ0v) is 18.4.